The van der Waals surface area contributed by atoms with Crippen molar-refractivity contribution in [2.75, 3.05) is 13.1 Å². The van der Waals surface area contributed by atoms with Gasteiger partial charge in [-0.3, -0.25) is 4.79 Å². The monoisotopic (exact) mass is 395 g/mol. The Morgan fingerprint density at radius 1 is 1.25 bits per heavy atom. The van der Waals surface area contributed by atoms with Crippen LogP contribution in [0.15, 0.2) is 28.8 Å². The Kier molecular flexibility index (Phi) is 4.99. The lowest BCUT2D eigenvalue weighted by Crippen LogP contribution is -2.40. The summed E-state index contributed by atoms with van der Waals surface area (Å²) in [6, 6.07) is 5.44. The second kappa shape index (κ2) is 7.44. The molecule has 1 aliphatic carbocycles. The third-order valence-electron chi connectivity index (χ3n) is 5.04. The SMILES string of the molecule is O=C(c1ccccc1OC(F)(F)F)N1CCCC(Cc2nc(C3CC3)no2)C1. The fourth-order valence-corrected chi connectivity index (χ4v) is 3.55. The number of amides is 1. The van der Waals surface area contributed by atoms with Crippen LogP contribution in [0.25, 0.3) is 0 Å². The molecule has 2 aliphatic rings. The van der Waals surface area contributed by atoms with E-state index in [2.05, 4.69) is 14.9 Å². The largest absolute Gasteiger partial charge is 0.573 e. The van der Waals surface area contributed by atoms with Gasteiger partial charge in [-0.15, -0.1) is 13.2 Å². The molecule has 1 aromatic heterocycles. The van der Waals surface area contributed by atoms with Crippen LogP contribution in [0.2, 0.25) is 0 Å². The molecule has 1 saturated heterocycles. The van der Waals surface area contributed by atoms with Crippen LogP contribution >= 0.6 is 0 Å². The lowest BCUT2D eigenvalue weighted by molar-refractivity contribution is -0.274. The number of rotatable bonds is 5. The number of carbonyl (C=O) groups excluding carboxylic acids is 1. The molecule has 1 saturated carbocycles. The zero-order valence-corrected chi connectivity index (χ0v) is 15.1. The summed E-state index contributed by atoms with van der Waals surface area (Å²) in [5, 5.41) is 4.00. The first kappa shape index (κ1) is 18.8. The molecule has 9 heteroatoms. The molecule has 1 amide bonds. The molecule has 1 aromatic carbocycles. The minimum Gasteiger partial charge on any atom is -0.405 e. The van der Waals surface area contributed by atoms with E-state index in [1.165, 1.54) is 18.2 Å². The minimum atomic E-state index is -4.85. The number of hydrogen-bond acceptors (Lipinski definition) is 5. The van der Waals surface area contributed by atoms with Gasteiger partial charge in [0.05, 0.1) is 5.56 Å². The highest BCUT2D eigenvalue weighted by atomic mass is 19.4. The van der Waals surface area contributed by atoms with Crippen LogP contribution in [0.1, 0.15) is 53.7 Å². The third-order valence-corrected chi connectivity index (χ3v) is 5.04. The Morgan fingerprint density at radius 3 is 2.79 bits per heavy atom. The van der Waals surface area contributed by atoms with Crippen LogP contribution in [-0.4, -0.2) is 40.4 Å². The van der Waals surface area contributed by atoms with Gasteiger partial charge in [-0.25, -0.2) is 0 Å². The number of para-hydroxylation sites is 1. The number of ether oxygens (including phenoxy) is 1. The van der Waals surface area contributed by atoms with E-state index in [1.807, 2.05) is 0 Å². The number of aromatic nitrogens is 2. The Balaban J connectivity index is 1.43. The lowest BCUT2D eigenvalue weighted by Gasteiger charge is -2.32. The highest BCUT2D eigenvalue weighted by Crippen LogP contribution is 2.38. The Bertz CT molecular complexity index is 848. The predicted octanol–water partition coefficient (Wildman–Crippen LogP) is 3.94. The average Bonchev–Trinajstić information content (AvgIpc) is 3.40. The topological polar surface area (TPSA) is 68.5 Å². The minimum absolute atomic E-state index is 0.0886. The van der Waals surface area contributed by atoms with E-state index in [1.54, 1.807) is 4.90 Å². The van der Waals surface area contributed by atoms with E-state index in [9.17, 15) is 18.0 Å². The number of alkyl halides is 3. The first-order valence-electron chi connectivity index (χ1n) is 9.35. The van der Waals surface area contributed by atoms with Crippen LogP contribution < -0.4 is 4.74 Å². The quantitative estimate of drug-likeness (QED) is 0.767. The molecular formula is C19H20F3N3O3. The molecule has 1 aliphatic heterocycles. The molecule has 2 heterocycles. The number of piperidine rings is 1. The molecule has 0 spiro atoms. The third kappa shape index (κ3) is 4.45. The molecule has 2 fully saturated rings. The van der Waals surface area contributed by atoms with Crippen molar-refractivity contribution >= 4 is 5.91 Å². The van der Waals surface area contributed by atoms with Crippen LogP contribution in [0, 0.1) is 5.92 Å². The number of nitrogens with zero attached hydrogens (tertiary/aromatic N) is 3. The van der Waals surface area contributed by atoms with Crippen molar-refractivity contribution in [2.45, 2.75) is 44.4 Å². The molecule has 1 atom stereocenters. The Labute approximate surface area is 159 Å². The second-order valence-corrected chi connectivity index (χ2v) is 7.33. The van der Waals surface area contributed by atoms with Crippen molar-refractivity contribution < 1.29 is 27.2 Å². The fourth-order valence-electron chi connectivity index (χ4n) is 3.55. The summed E-state index contributed by atoms with van der Waals surface area (Å²) in [7, 11) is 0. The van der Waals surface area contributed by atoms with Crippen molar-refractivity contribution in [3.63, 3.8) is 0 Å². The molecule has 28 heavy (non-hydrogen) atoms. The molecule has 2 aromatic rings. The predicted molar refractivity (Wildman–Crippen MR) is 91.7 cm³/mol. The van der Waals surface area contributed by atoms with Crippen molar-refractivity contribution in [2.24, 2.45) is 5.92 Å². The molecule has 6 nitrogen and oxygen atoms in total. The number of likely N-dealkylation sites (tertiary alicyclic amines) is 1. The standard InChI is InChI=1S/C19H20F3N3O3/c20-19(21,22)27-15-6-2-1-5-14(15)18(26)25-9-3-4-12(11-25)10-16-23-17(24-28-16)13-7-8-13/h1-2,5-6,12-13H,3-4,7-11H2. The van der Waals surface area contributed by atoms with E-state index in [0.29, 0.717) is 31.3 Å². The van der Waals surface area contributed by atoms with Crippen LogP contribution in [0.3, 0.4) is 0 Å². The second-order valence-electron chi connectivity index (χ2n) is 7.33. The van der Waals surface area contributed by atoms with Gasteiger partial charge in [0.15, 0.2) is 5.82 Å². The van der Waals surface area contributed by atoms with E-state index in [-0.39, 0.29) is 11.5 Å². The van der Waals surface area contributed by atoms with Gasteiger partial charge in [0.2, 0.25) is 5.89 Å². The Morgan fingerprint density at radius 2 is 2.04 bits per heavy atom. The van der Waals surface area contributed by atoms with E-state index in [4.69, 9.17) is 4.52 Å². The molecular weight excluding hydrogens is 375 g/mol. The van der Waals surface area contributed by atoms with Gasteiger partial charge in [-0.1, -0.05) is 17.3 Å². The van der Waals surface area contributed by atoms with Gasteiger partial charge >= 0.3 is 6.36 Å². The van der Waals surface area contributed by atoms with E-state index >= 15 is 0 Å². The summed E-state index contributed by atoms with van der Waals surface area (Å²) >= 11 is 0. The first-order valence-corrected chi connectivity index (χ1v) is 9.35. The molecule has 0 radical (unpaired) electrons. The van der Waals surface area contributed by atoms with Gasteiger partial charge in [-0.2, -0.15) is 4.98 Å². The fraction of sp³-hybridized carbons (Fsp3) is 0.526. The molecule has 0 bridgehead atoms. The Hall–Kier alpha value is -2.58. The van der Waals surface area contributed by atoms with Gasteiger partial charge in [0.1, 0.15) is 5.75 Å². The van der Waals surface area contributed by atoms with Crippen LogP contribution in [0.5, 0.6) is 5.75 Å². The van der Waals surface area contributed by atoms with Gasteiger partial charge < -0.3 is 14.2 Å². The summed E-state index contributed by atoms with van der Waals surface area (Å²) < 4.78 is 47.2. The van der Waals surface area contributed by atoms with Crippen LogP contribution in [0.4, 0.5) is 13.2 Å². The van der Waals surface area contributed by atoms with Crippen molar-refractivity contribution in [1.29, 1.82) is 0 Å². The number of halogens is 3. The summed E-state index contributed by atoms with van der Waals surface area (Å²) in [5.74, 6) is 0.897. The van der Waals surface area contributed by atoms with Gasteiger partial charge in [0, 0.05) is 25.4 Å². The molecule has 4 rings (SSSR count). The van der Waals surface area contributed by atoms with Crippen molar-refractivity contribution in [1.82, 2.24) is 15.0 Å². The van der Waals surface area contributed by atoms with Gasteiger partial charge in [0.25, 0.3) is 5.91 Å². The summed E-state index contributed by atoms with van der Waals surface area (Å²) in [6.45, 7) is 0.924. The highest BCUT2D eigenvalue weighted by molar-refractivity contribution is 5.97. The summed E-state index contributed by atoms with van der Waals surface area (Å²) in [5.41, 5.74) is -0.0886. The van der Waals surface area contributed by atoms with Gasteiger partial charge in [-0.05, 0) is 43.7 Å². The zero-order valence-electron chi connectivity index (χ0n) is 15.1. The van der Waals surface area contributed by atoms with E-state index in [0.717, 1.165) is 37.6 Å². The first-order chi connectivity index (χ1) is 13.4. The maximum absolute atomic E-state index is 12.8. The molecule has 1 unspecified atom stereocenters. The normalized spacial score (nSPS) is 20.2. The molecule has 0 N–H and O–H groups in total. The summed E-state index contributed by atoms with van der Waals surface area (Å²) in [4.78, 5) is 18.8. The highest BCUT2D eigenvalue weighted by Gasteiger charge is 2.34. The number of carbonyl (C=O) groups is 1. The van der Waals surface area contributed by atoms with E-state index < -0.39 is 18.0 Å². The maximum Gasteiger partial charge on any atom is 0.573 e. The molecule has 150 valence electrons. The average molecular weight is 395 g/mol. The number of benzene rings is 1. The van der Waals surface area contributed by atoms with Crippen LogP contribution in [-0.2, 0) is 6.42 Å². The van der Waals surface area contributed by atoms with Crippen molar-refractivity contribution in [3.8, 4) is 5.75 Å². The maximum atomic E-state index is 12.8. The summed E-state index contributed by atoms with van der Waals surface area (Å²) in [6.07, 6.45) is -0.454. The number of hydrogen-bond donors (Lipinski definition) is 0. The zero-order chi connectivity index (χ0) is 19.7. The lowest BCUT2D eigenvalue weighted by atomic mass is 9.94. The smallest absolute Gasteiger partial charge is 0.405 e. The van der Waals surface area contributed by atoms with Crippen molar-refractivity contribution in [3.05, 3.63) is 41.5 Å².